The van der Waals surface area contributed by atoms with Gasteiger partial charge in [0.2, 0.25) is 29.7 Å². The molecule has 8 N–H and O–H groups in total. The molecule has 0 spiro atoms. The number of hydrogen-bond donors (Lipinski definition) is 5. The molecule has 2 amide bonds. The number of carbonyl (C=O) groups excluding carboxylic acids is 2. The highest BCUT2D eigenvalue weighted by Gasteiger charge is 2.34. The maximum Gasteiger partial charge on any atom is 0.248 e. The Morgan fingerprint density at radius 3 is 1.99 bits per heavy atom. The number of unbranched alkanes of at least 4 members (excludes halogenated alkanes) is 1. The summed E-state index contributed by atoms with van der Waals surface area (Å²) in [6, 6.07) is 8.40. The van der Waals surface area contributed by atoms with Crippen molar-refractivity contribution in [1.29, 1.82) is 0 Å². The van der Waals surface area contributed by atoms with Gasteiger partial charge in [0, 0.05) is 76.5 Å². The minimum absolute atomic E-state index is 0. The number of benzene rings is 1. The number of terminal acetylenes is 1. The molecule has 4 aromatic heterocycles. The van der Waals surface area contributed by atoms with Crippen molar-refractivity contribution < 1.29 is 23.8 Å². The van der Waals surface area contributed by atoms with Crippen LogP contribution in [0, 0.1) is 24.2 Å². The molecule has 0 aliphatic carbocycles. The van der Waals surface area contributed by atoms with Crippen LogP contribution in [0.1, 0.15) is 101 Å². The van der Waals surface area contributed by atoms with Gasteiger partial charge in [-0.05, 0) is 61.6 Å². The number of aromatic nitrogens is 10. The number of nitrogens with zero attached hydrogens (tertiary/aromatic N) is 13. The lowest BCUT2D eigenvalue weighted by Gasteiger charge is -2.38. The number of rotatable bonds is 29. The quantitative estimate of drug-likeness (QED) is 0.0339. The molecule has 0 bridgehead atoms. The number of nitrogens with two attached hydrogens (primary N) is 3. The van der Waals surface area contributed by atoms with Crippen LogP contribution >= 0.6 is 12.4 Å². The average Bonchev–Trinajstić information content (AvgIpc) is 4.21. The lowest BCUT2D eigenvalue weighted by Crippen LogP contribution is -2.52. The van der Waals surface area contributed by atoms with E-state index in [4.69, 9.17) is 52.8 Å². The molecular formula is C51H79ClN18O5. The van der Waals surface area contributed by atoms with Gasteiger partial charge in [-0.3, -0.25) is 9.59 Å². The van der Waals surface area contributed by atoms with E-state index in [9.17, 15) is 9.59 Å². The van der Waals surface area contributed by atoms with Crippen LogP contribution in [0.4, 0.5) is 17.8 Å². The Bertz CT molecular complexity index is 2520. The van der Waals surface area contributed by atoms with Crippen LogP contribution in [0.25, 0.3) is 10.9 Å². The van der Waals surface area contributed by atoms with E-state index in [2.05, 4.69) is 86.5 Å². The molecule has 2 aliphatic rings. The Kier molecular flexibility index (Phi) is 22.8. The van der Waals surface area contributed by atoms with E-state index in [1.165, 1.54) is 0 Å². The van der Waals surface area contributed by atoms with Crippen LogP contribution in [0.5, 0.6) is 0 Å². The number of H-pyrrole nitrogens is 1. The van der Waals surface area contributed by atoms with Gasteiger partial charge in [-0.1, -0.05) is 68.7 Å². The molecule has 75 heavy (non-hydrogen) atoms. The Labute approximate surface area is 446 Å². The fourth-order valence-corrected chi connectivity index (χ4v) is 9.18. The Morgan fingerprint density at radius 2 is 1.37 bits per heavy atom. The highest BCUT2D eigenvalue weighted by Crippen LogP contribution is 2.27. The van der Waals surface area contributed by atoms with E-state index in [1.807, 2.05) is 40.4 Å². The van der Waals surface area contributed by atoms with Crippen molar-refractivity contribution in [1.82, 2.24) is 59.7 Å². The van der Waals surface area contributed by atoms with Gasteiger partial charge in [0.1, 0.15) is 18.7 Å². The maximum atomic E-state index is 14.7. The third kappa shape index (κ3) is 16.3. The zero-order valence-electron chi connectivity index (χ0n) is 44.1. The molecule has 0 saturated carbocycles. The molecule has 0 radical (unpaired) electrons. The Hall–Kier alpha value is -6.00. The summed E-state index contributed by atoms with van der Waals surface area (Å²) in [5, 5.41) is 22.1. The monoisotopic (exact) mass is 1060 g/mol. The van der Waals surface area contributed by atoms with Gasteiger partial charge in [0.05, 0.1) is 68.9 Å². The van der Waals surface area contributed by atoms with Crippen molar-refractivity contribution in [2.45, 2.75) is 90.4 Å². The summed E-state index contributed by atoms with van der Waals surface area (Å²) in [5.41, 5.74) is 22.2. The summed E-state index contributed by atoms with van der Waals surface area (Å²) in [5.74, 6) is 4.30. The van der Waals surface area contributed by atoms with E-state index in [1.54, 1.807) is 9.36 Å². The van der Waals surface area contributed by atoms with Crippen LogP contribution in [-0.2, 0) is 30.2 Å². The molecule has 5 atom stereocenters. The third-order valence-corrected chi connectivity index (χ3v) is 13.7. The van der Waals surface area contributed by atoms with Crippen molar-refractivity contribution in [3.05, 3.63) is 59.8 Å². The zero-order valence-corrected chi connectivity index (χ0v) is 45.0. The largest absolute Gasteiger partial charge is 0.377 e. The summed E-state index contributed by atoms with van der Waals surface area (Å²) < 4.78 is 20.0. The number of nitrogens with one attached hydrogen (secondary N) is 2. The van der Waals surface area contributed by atoms with Gasteiger partial charge in [-0.25, -0.2) is 9.36 Å². The Morgan fingerprint density at radius 1 is 0.787 bits per heavy atom. The van der Waals surface area contributed by atoms with E-state index < -0.39 is 12.1 Å². The topological polar surface area (TPSA) is 281 Å². The highest BCUT2D eigenvalue weighted by atomic mass is 35.5. The second kappa shape index (κ2) is 29.3. The molecule has 5 aromatic rings. The maximum absolute atomic E-state index is 14.7. The number of para-hydroxylation sites is 1. The first-order valence-corrected chi connectivity index (χ1v) is 26.3. The third-order valence-electron chi connectivity index (χ3n) is 13.7. The predicted octanol–water partition coefficient (Wildman–Crippen LogP) is 3.30. The number of ether oxygens (including phenoxy) is 3. The van der Waals surface area contributed by atoms with Crippen LogP contribution in [-0.4, -0.2) is 177 Å². The van der Waals surface area contributed by atoms with Crippen LogP contribution in [0.2, 0.25) is 0 Å². The molecular weight excluding hydrogens is 980 g/mol. The summed E-state index contributed by atoms with van der Waals surface area (Å²) in [6.07, 6.45) is 13.1. The van der Waals surface area contributed by atoms with Crippen LogP contribution in [0.15, 0.2) is 42.7 Å². The first-order chi connectivity index (χ1) is 36.0. The second-order valence-corrected chi connectivity index (χ2v) is 19.6. The van der Waals surface area contributed by atoms with Gasteiger partial charge in [0.15, 0.2) is 0 Å². The van der Waals surface area contributed by atoms with Gasteiger partial charge >= 0.3 is 0 Å². The zero-order chi connectivity index (χ0) is 52.4. The molecule has 23 nitrogen and oxygen atoms in total. The van der Waals surface area contributed by atoms with Crippen molar-refractivity contribution in [3.8, 4) is 12.3 Å². The second-order valence-electron chi connectivity index (χ2n) is 19.6. The van der Waals surface area contributed by atoms with Crippen molar-refractivity contribution in [2.24, 2.45) is 29.0 Å². The van der Waals surface area contributed by atoms with E-state index in [-0.39, 0.29) is 48.8 Å². The normalized spacial score (nSPS) is 16.1. The van der Waals surface area contributed by atoms with Gasteiger partial charge < -0.3 is 61.3 Å². The van der Waals surface area contributed by atoms with E-state index in [0.717, 1.165) is 42.3 Å². The number of anilines is 3. The van der Waals surface area contributed by atoms with Crippen molar-refractivity contribution >= 4 is 53.0 Å². The number of piperazine rings is 2. The first-order valence-electron chi connectivity index (χ1n) is 26.3. The minimum atomic E-state index is -0.658. The standard InChI is InChI=1S/C51H78N18O5.ClH/c1-6-25-72-27-29-74-30-28-73-26-16-55-49-57-50(66-21-17-64(18-22-66)47(70)44(14-10-11-15-52)68-34-42(60-62-68)40(53)31-36(3)4)59-51(58-49)67-23-19-65(20-24-67)48(71)45(33-39-32-38-12-8-9-13-41(38)56-39)69-35-43(61-63-69)46(54)37(5)7-2;/h1,8-9,12-13,32,34-37,40,44-46,56H,7,10-11,14-31,33,52-54H2,2-5H3,(H,55,57,58,59);1H/t37?,40-,44-,45-,46-;/m0./s1. The summed E-state index contributed by atoms with van der Waals surface area (Å²) >= 11 is 0. The molecule has 2 aliphatic heterocycles. The number of carbonyl (C=O) groups is 2. The Balaban J connectivity index is 0.00000914. The van der Waals surface area contributed by atoms with Crippen molar-refractivity contribution in [2.75, 3.05) is 120 Å². The lowest BCUT2D eigenvalue weighted by molar-refractivity contribution is -0.136. The van der Waals surface area contributed by atoms with Crippen LogP contribution < -0.4 is 32.3 Å². The molecule has 2 fully saturated rings. The van der Waals surface area contributed by atoms with E-state index >= 15 is 0 Å². The number of fused-ring (bicyclic) bond motifs is 1. The fraction of sp³-hybridized carbons (Fsp3) is 0.627. The molecule has 410 valence electrons. The first kappa shape index (κ1) is 58.3. The molecule has 7 rings (SSSR count). The molecule has 2 saturated heterocycles. The summed E-state index contributed by atoms with van der Waals surface area (Å²) in [7, 11) is 0. The smallest absolute Gasteiger partial charge is 0.248 e. The number of halogens is 1. The molecule has 1 unspecified atom stereocenters. The SMILES string of the molecule is C#CCOCCOCCOCCNc1nc(N2CCN(C(=O)[C@H](Cc3cc4ccccc4[nH]3)n3cc([C@@H](N)C(C)CC)nn3)CC2)nc(N2CCN(C(=O)[C@H](CCCCN)n3cc([C@@H](N)CC(C)C)nn3)CC2)n1.Cl. The van der Waals surface area contributed by atoms with Crippen LogP contribution in [0.3, 0.4) is 0 Å². The number of amides is 2. The number of hydrogen-bond acceptors (Lipinski definition) is 18. The highest BCUT2D eigenvalue weighted by molar-refractivity contribution is 5.85. The summed E-state index contributed by atoms with van der Waals surface area (Å²) in [6.45, 7) is 15.4. The minimum Gasteiger partial charge on any atom is -0.377 e. The molecule has 24 heteroatoms. The lowest BCUT2D eigenvalue weighted by atomic mass is 9.98. The van der Waals surface area contributed by atoms with Gasteiger partial charge in [-0.2, -0.15) is 15.0 Å². The molecule has 1 aromatic carbocycles. The average molecular weight is 1060 g/mol. The number of aromatic amines is 1. The van der Waals surface area contributed by atoms with E-state index in [0.29, 0.717) is 146 Å². The summed E-state index contributed by atoms with van der Waals surface area (Å²) in [4.78, 5) is 55.2. The predicted molar refractivity (Wildman–Crippen MR) is 290 cm³/mol. The molecule has 6 heterocycles. The van der Waals surface area contributed by atoms with Crippen molar-refractivity contribution in [3.63, 3.8) is 0 Å². The van der Waals surface area contributed by atoms with Gasteiger partial charge in [-0.15, -0.1) is 29.0 Å². The van der Waals surface area contributed by atoms with Gasteiger partial charge in [0.25, 0.3) is 0 Å². The fourth-order valence-electron chi connectivity index (χ4n) is 9.18.